The Hall–Kier alpha value is -0.680. The second-order valence-electron chi connectivity index (χ2n) is 4.83. The quantitative estimate of drug-likeness (QED) is 0.910. The van der Waals surface area contributed by atoms with Crippen molar-refractivity contribution in [3.05, 3.63) is 56.2 Å². The van der Waals surface area contributed by atoms with E-state index < -0.39 is 0 Å². The highest BCUT2D eigenvalue weighted by atomic mass is 79.9. The molecule has 1 aromatic heterocycles. The largest absolute Gasteiger partial charge is 0.373 e. The molecule has 0 aliphatic carbocycles. The molecule has 0 spiro atoms. The summed E-state index contributed by atoms with van der Waals surface area (Å²) in [5, 5.41) is 2.11. The Kier molecular flexibility index (Phi) is 4.03. The fourth-order valence-electron chi connectivity index (χ4n) is 2.56. The predicted molar refractivity (Wildman–Crippen MR) is 82.4 cm³/mol. The van der Waals surface area contributed by atoms with Gasteiger partial charge in [0.25, 0.3) is 0 Å². The van der Waals surface area contributed by atoms with E-state index in [-0.39, 0.29) is 12.1 Å². The van der Waals surface area contributed by atoms with E-state index in [2.05, 4.69) is 51.6 Å². The smallest absolute Gasteiger partial charge is 0.0845 e. The fraction of sp³-hybridized carbons (Fsp3) is 0.333. The molecule has 2 N–H and O–H groups in total. The van der Waals surface area contributed by atoms with Crippen LogP contribution in [0.4, 0.5) is 0 Å². The zero-order valence-electron chi connectivity index (χ0n) is 10.5. The highest BCUT2D eigenvalue weighted by molar-refractivity contribution is 9.11. The first-order chi connectivity index (χ1) is 9.24. The molecule has 0 bridgehead atoms. The van der Waals surface area contributed by atoms with Crippen LogP contribution in [0.5, 0.6) is 0 Å². The van der Waals surface area contributed by atoms with E-state index >= 15 is 0 Å². The highest BCUT2D eigenvalue weighted by Crippen LogP contribution is 2.35. The molecule has 19 heavy (non-hydrogen) atoms. The molecule has 0 saturated carbocycles. The van der Waals surface area contributed by atoms with Gasteiger partial charge in [-0.05, 0) is 56.9 Å². The number of rotatable bonds is 3. The van der Waals surface area contributed by atoms with E-state index in [1.807, 2.05) is 0 Å². The second-order valence-corrected chi connectivity index (χ2v) is 7.13. The van der Waals surface area contributed by atoms with Crippen LogP contribution in [0.2, 0.25) is 0 Å². The standard InChI is InChI=1S/C15H16BrNOS/c16-15-7-11(9-19-15)13(17)8-14-12-4-2-1-3-10(12)5-6-18-14/h1-4,7,9,13-14H,5-6,8,17H2. The van der Waals surface area contributed by atoms with Crippen molar-refractivity contribution < 1.29 is 4.74 Å². The van der Waals surface area contributed by atoms with Crippen LogP contribution in [0, 0.1) is 0 Å². The van der Waals surface area contributed by atoms with E-state index in [1.54, 1.807) is 11.3 Å². The maximum Gasteiger partial charge on any atom is 0.0845 e. The normalized spacial score (nSPS) is 20.0. The molecule has 100 valence electrons. The molecule has 2 heterocycles. The molecule has 0 fully saturated rings. The van der Waals surface area contributed by atoms with E-state index in [9.17, 15) is 0 Å². The van der Waals surface area contributed by atoms with Gasteiger partial charge in [-0.1, -0.05) is 24.3 Å². The number of hydrogen-bond donors (Lipinski definition) is 1. The maximum atomic E-state index is 6.30. The number of halogens is 1. The summed E-state index contributed by atoms with van der Waals surface area (Å²) >= 11 is 5.16. The monoisotopic (exact) mass is 337 g/mol. The summed E-state index contributed by atoms with van der Waals surface area (Å²) in [6.07, 6.45) is 1.96. The van der Waals surface area contributed by atoms with Crippen molar-refractivity contribution >= 4 is 27.3 Å². The molecule has 2 unspecified atom stereocenters. The fourth-order valence-corrected chi connectivity index (χ4v) is 3.80. The van der Waals surface area contributed by atoms with Crippen molar-refractivity contribution in [2.24, 2.45) is 5.73 Å². The number of ether oxygens (including phenoxy) is 1. The molecule has 1 aliphatic heterocycles. The number of nitrogens with two attached hydrogens (primary N) is 1. The molecule has 4 heteroatoms. The second kappa shape index (κ2) is 5.75. The van der Waals surface area contributed by atoms with Crippen molar-refractivity contribution in [3.63, 3.8) is 0 Å². The van der Waals surface area contributed by atoms with Crippen LogP contribution < -0.4 is 5.73 Å². The van der Waals surface area contributed by atoms with Gasteiger partial charge >= 0.3 is 0 Å². The summed E-state index contributed by atoms with van der Waals surface area (Å²) in [6.45, 7) is 0.793. The number of fused-ring (bicyclic) bond motifs is 1. The molecule has 1 aliphatic rings. The van der Waals surface area contributed by atoms with E-state index in [0.717, 1.165) is 23.2 Å². The van der Waals surface area contributed by atoms with Gasteiger partial charge in [-0.15, -0.1) is 11.3 Å². The molecular formula is C15H16BrNOS. The van der Waals surface area contributed by atoms with Crippen molar-refractivity contribution in [1.29, 1.82) is 0 Å². The van der Waals surface area contributed by atoms with E-state index in [4.69, 9.17) is 10.5 Å². The Morgan fingerprint density at radius 2 is 2.26 bits per heavy atom. The Morgan fingerprint density at radius 3 is 3.05 bits per heavy atom. The summed E-state index contributed by atoms with van der Waals surface area (Å²) in [7, 11) is 0. The van der Waals surface area contributed by atoms with Crippen LogP contribution in [0.3, 0.4) is 0 Å². The third-order valence-corrected chi connectivity index (χ3v) is 5.10. The first-order valence-electron chi connectivity index (χ1n) is 6.43. The Morgan fingerprint density at radius 1 is 1.42 bits per heavy atom. The van der Waals surface area contributed by atoms with E-state index in [1.165, 1.54) is 16.7 Å². The van der Waals surface area contributed by atoms with Crippen LogP contribution in [0.1, 0.15) is 35.3 Å². The van der Waals surface area contributed by atoms with Gasteiger partial charge in [0.2, 0.25) is 0 Å². The lowest BCUT2D eigenvalue weighted by atomic mass is 9.92. The van der Waals surface area contributed by atoms with Gasteiger partial charge in [0, 0.05) is 6.04 Å². The van der Waals surface area contributed by atoms with Crippen molar-refractivity contribution in [3.8, 4) is 0 Å². The molecule has 2 atom stereocenters. The highest BCUT2D eigenvalue weighted by Gasteiger charge is 2.23. The molecule has 2 aromatic rings. The summed E-state index contributed by atoms with van der Waals surface area (Å²) in [4.78, 5) is 0. The van der Waals surface area contributed by atoms with Crippen LogP contribution >= 0.6 is 27.3 Å². The van der Waals surface area contributed by atoms with Crippen LogP contribution in [0.15, 0.2) is 39.5 Å². The average Bonchev–Trinajstić information content (AvgIpc) is 2.86. The molecular weight excluding hydrogens is 322 g/mol. The molecule has 3 rings (SSSR count). The van der Waals surface area contributed by atoms with Crippen molar-refractivity contribution in [1.82, 2.24) is 0 Å². The first kappa shape index (κ1) is 13.3. The summed E-state index contributed by atoms with van der Waals surface area (Å²) in [5.41, 5.74) is 10.2. The molecule has 0 amide bonds. The maximum absolute atomic E-state index is 6.30. The van der Waals surface area contributed by atoms with Gasteiger partial charge in [0.1, 0.15) is 0 Å². The van der Waals surface area contributed by atoms with Gasteiger partial charge in [-0.2, -0.15) is 0 Å². The number of thiophene rings is 1. The minimum absolute atomic E-state index is 0.0266. The zero-order valence-corrected chi connectivity index (χ0v) is 12.9. The Balaban J connectivity index is 1.77. The minimum atomic E-state index is 0.0266. The average molecular weight is 338 g/mol. The van der Waals surface area contributed by atoms with Gasteiger partial charge in [-0.3, -0.25) is 0 Å². The molecule has 1 aromatic carbocycles. The summed E-state index contributed by atoms with van der Waals surface area (Å²) in [5.74, 6) is 0. The van der Waals surface area contributed by atoms with Crippen LogP contribution in [-0.2, 0) is 11.2 Å². The predicted octanol–water partition coefficient (Wildman–Crippen LogP) is 4.21. The summed E-state index contributed by atoms with van der Waals surface area (Å²) in [6, 6.07) is 10.7. The van der Waals surface area contributed by atoms with Crippen molar-refractivity contribution in [2.45, 2.75) is 25.0 Å². The lowest BCUT2D eigenvalue weighted by Gasteiger charge is -2.28. The Bertz CT molecular complexity index is 569. The third-order valence-electron chi connectivity index (χ3n) is 3.58. The summed E-state index contributed by atoms with van der Waals surface area (Å²) < 4.78 is 7.04. The Labute approximate surface area is 125 Å². The number of benzene rings is 1. The van der Waals surface area contributed by atoms with Crippen LogP contribution in [0.25, 0.3) is 0 Å². The zero-order chi connectivity index (χ0) is 13.2. The van der Waals surface area contributed by atoms with E-state index in [0.29, 0.717) is 0 Å². The lowest BCUT2D eigenvalue weighted by molar-refractivity contribution is 0.0320. The van der Waals surface area contributed by atoms with Crippen LogP contribution in [-0.4, -0.2) is 6.61 Å². The first-order valence-corrected chi connectivity index (χ1v) is 8.10. The number of hydrogen-bond acceptors (Lipinski definition) is 3. The van der Waals surface area contributed by atoms with Gasteiger partial charge in [0.05, 0.1) is 16.5 Å². The molecule has 0 radical (unpaired) electrons. The third kappa shape index (κ3) is 2.92. The topological polar surface area (TPSA) is 35.2 Å². The van der Waals surface area contributed by atoms with Crippen molar-refractivity contribution in [2.75, 3.05) is 6.61 Å². The van der Waals surface area contributed by atoms with Gasteiger partial charge in [0.15, 0.2) is 0 Å². The molecule has 0 saturated heterocycles. The lowest BCUT2D eigenvalue weighted by Crippen LogP contribution is -2.21. The van der Waals surface area contributed by atoms with Gasteiger partial charge in [-0.25, -0.2) is 0 Å². The van der Waals surface area contributed by atoms with Gasteiger partial charge < -0.3 is 10.5 Å². The molecule has 2 nitrogen and oxygen atoms in total. The SMILES string of the molecule is NC(CC1OCCc2ccccc21)c1csc(Br)c1. The minimum Gasteiger partial charge on any atom is -0.373 e.